The number of hydrogen-bond donors (Lipinski definition) is 1. The van der Waals surface area contributed by atoms with Crippen LogP contribution >= 0.6 is 0 Å². The first-order valence-corrected chi connectivity index (χ1v) is 6.74. The fraction of sp³-hybridized carbons (Fsp3) is 0.267. The zero-order valence-corrected chi connectivity index (χ0v) is 12.3. The van der Waals surface area contributed by atoms with Crippen molar-refractivity contribution in [3.63, 3.8) is 0 Å². The maximum atomic E-state index is 14.0. The van der Waals surface area contributed by atoms with E-state index in [1.54, 1.807) is 31.2 Å². The van der Waals surface area contributed by atoms with Gasteiger partial charge < -0.3 is 14.8 Å². The first kappa shape index (κ1) is 15.7. The summed E-state index contributed by atoms with van der Waals surface area (Å²) in [6, 6.07) is 6.54. The topological polar surface area (TPSA) is 73.3 Å². The molecule has 1 heterocycles. The van der Waals surface area contributed by atoms with E-state index in [0.717, 1.165) is 0 Å². The largest absolute Gasteiger partial charge is 0.484 e. The molecular weight excluding hydrogens is 289 g/mol. The van der Waals surface area contributed by atoms with Crippen molar-refractivity contribution in [1.82, 2.24) is 15.3 Å². The predicted molar refractivity (Wildman–Crippen MR) is 77.4 cm³/mol. The standard InChI is InChI=1S/C15H16FN3O3/c1-3-12-14(16)15(19-9-18-12)22-11-6-4-5-10(7-11)21-8-13(20)17-2/h4-7,9H,3,8H2,1-2H3,(H,17,20). The van der Waals surface area contributed by atoms with E-state index in [1.807, 2.05) is 0 Å². The lowest BCUT2D eigenvalue weighted by atomic mass is 10.3. The molecule has 1 amide bonds. The van der Waals surface area contributed by atoms with E-state index in [0.29, 0.717) is 17.9 Å². The molecule has 0 saturated heterocycles. The molecule has 1 aromatic heterocycles. The van der Waals surface area contributed by atoms with E-state index < -0.39 is 5.82 Å². The first-order valence-electron chi connectivity index (χ1n) is 6.74. The van der Waals surface area contributed by atoms with Gasteiger partial charge in [-0.25, -0.2) is 4.98 Å². The molecule has 0 saturated carbocycles. The number of likely N-dealkylation sites (N-methyl/N-ethyl adjacent to an activating group) is 1. The molecule has 1 aromatic carbocycles. The van der Waals surface area contributed by atoms with Crippen molar-refractivity contribution in [2.75, 3.05) is 13.7 Å². The molecule has 2 rings (SSSR count). The number of benzene rings is 1. The van der Waals surface area contributed by atoms with Crippen LogP contribution in [0.4, 0.5) is 4.39 Å². The molecule has 2 aromatic rings. The normalized spacial score (nSPS) is 10.1. The molecule has 116 valence electrons. The third kappa shape index (κ3) is 3.91. The second-order valence-corrected chi connectivity index (χ2v) is 4.33. The minimum absolute atomic E-state index is 0.109. The summed E-state index contributed by atoms with van der Waals surface area (Å²) in [4.78, 5) is 18.8. The number of carbonyl (C=O) groups is 1. The number of carbonyl (C=O) groups excluding carboxylic acids is 1. The Kier molecular flexibility index (Phi) is 5.24. The molecule has 1 N–H and O–H groups in total. The fourth-order valence-corrected chi connectivity index (χ4v) is 1.67. The lowest BCUT2D eigenvalue weighted by Crippen LogP contribution is -2.24. The van der Waals surface area contributed by atoms with Crippen molar-refractivity contribution < 1.29 is 18.7 Å². The Balaban J connectivity index is 2.12. The second-order valence-electron chi connectivity index (χ2n) is 4.33. The zero-order chi connectivity index (χ0) is 15.9. The van der Waals surface area contributed by atoms with Crippen LogP contribution in [0, 0.1) is 5.82 Å². The van der Waals surface area contributed by atoms with Crippen molar-refractivity contribution in [3.05, 3.63) is 42.1 Å². The minimum atomic E-state index is -0.582. The van der Waals surface area contributed by atoms with Gasteiger partial charge in [0.2, 0.25) is 5.82 Å². The summed E-state index contributed by atoms with van der Waals surface area (Å²) in [5.41, 5.74) is 0.289. The Hall–Kier alpha value is -2.70. The van der Waals surface area contributed by atoms with Gasteiger partial charge in [0, 0.05) is 13.1 Å². The van der Waals surface area contributed by atoms with Gasteiger partial charge in [0.1, 0.15) is 17.8 Å². The van der Waals surface area contributed by atoms with Gasteiger partial charge in [0.05, 0.1) is 5.69 Å². The molecule has 0 radical (unpaired) electrons. The number of amides is 1. The maximum absolute atomic E-state index is 14.0. The highest BCUT2D eigenvalue weighted by Gasteiger charge is 2.12. The van der Waals surface area contributed by atoms with Gasteiger partial charge in [-0.3, -0.25) is 4.79 Å². The molecule has 0 atom stereocenters. The summed E-state index contributed by atoms with van der Waals surface area (Å²) in [5.74, 6) is -0.182. The quantitative estimate of drug-likeness (QED) is 0.884. The summed E-state index contributed by atoms with van der Waals surface area (Å²) in [6.45, 7) is 1.68. The second kappa shape index (κ2) is 7.35. The third-order valence-corrected chi connectivity index (χ3v) is 2.83. The Morgan fingerprint density at radius 3 is 2.82 bits per heavy atom. The SMILES string of the molecule is CCc1ncnc(Oc2cccc(OCC(=O)NC)c2)c1F. The molecule has 0 spiro atoms. The molecule has 0 fully saturated rings. The molecule has 0 aliphatic rings. The van der Waals surface area contributed by atoms with Crippen LogP contribution in [0.15, 0.2) is 30.6 Å². The van der Waals surface area contributed by atoms with Gasteiger partial charge in [-0.05, 0) is 18.6 Å². The van der Waals surface area contributed by atoms with Gasteiger partial charge in [-0.2, -0.15) is 9.37 Å². The van der Waals surface area contributed by atoms with E-state index in [2.05, 4.69) is 15.3 Å². The molecule has 6 nitrogen and oxygen atoms in total. The van der Waals surface area contributed by atoms with E-state index in [1.165, 1.54) is 13.4 Å². The number of hydrogen-bond acceptors (Lipinski definition) is 5. The van der Waals surface area contributed by atoms with Gasteiger partial charge in [-0.15, -0.1) is 0 Å². The van der Waals surface area contributed by atoms with Crippen molar-refractivity contribution in [1.29, 1.82) is 0 Å². The highest BCUT2D eigenvalue weighted by Crippen LogP contribution is 2.26. The van der Waals surface area contributed by atoms with Gasteiger partial charge in [-0.1, -0.05) is 13.0 Å². The highest BCUT2D eigenvalue weighted by atomic mass is 19.1. The lowest BCUT2D eigenvalue weighted by molar-refractivity contribution is -0.122. The van der Waals surface area contributed by atoms with Crippen molar-refractivity contribution in [3.8, 4) is 17.4 Å². The van der Waals surface area contributed by atoms with Crippen LogP contribution in [0.1, 0.15) is 12.6 Å². The van der Waals surface area contributed by atoms with Gasteiger partial charge >= 0.3 is 0 Å². The van der Waals surface area contributed by atoms with Crippen LogP contribution in [0.3, 0.4) is 0 Å². The number of halogens is 1. The number of nitrogens with one attached hydrogen (secondary N) is 1. The van der Waals surface area contributed by atoms with Crippen LogP contribution in [0.2, 0.25) is 0 Å². The Morgan fingerprint density at radius 1 is 1.32 bits per heavy atom. The number of ether oxygens (including phenoxy) is 2. The van der Waals surface area contributed by atoms with Gasteiger partial charge in [0.25, 0.3) is 11.8 Å². The van der Waals surface area contributed by atoms with Crippen LogP contribution in [0.25, 0.3) is 0 Å². The van der Waals surface area contributed by atoms with Crippen molar-refractivity contribution in [2.45, 2.75) is 13.3 Å². The Morgan fingerprint density at radius 2 is 2.09 bits per heavy atom. The maximum Gasteiger partial charge on any atom is 0.259 e. The van der Waals surface area contributed by atoms with Crippen LogP contribution in [0.5, 0.6) is 17.4 Å². The van der Waals surface area contributed by atoms with E-state index in [9.17, 15) is 9.18 Å². The molecule has 0 bridgehead atoms. The smallest absolute Gasteiger partial charge is 0.259 e. The summed E-state index contributed by atoms with van der Waals surface area (Å²) >= 11 is 0. The van der Waals surface area contributed by atoms with E-state index in [4.69, 9.17) is 9.47 Å². The fourth-order valence-electron chi connectivity index (χ4n) is 1.67. The zero-order valence-electron chi connectivity index (χ0n) is 12.3. The average Bonchev–Trinajstić information content (AvgIpc) is 2.55. The lowest BCUT2D eigenvalue weighted by Gasteiger charge is -2.09. The number of rotatable bonds is 6. The number of aryl methyl sites for hydroxylation is 1. The Labute approximate surface area is 127 Å². The molecule has 7 heteroatoms. The molecule has 22 heavy (non-hydrogen) atoms. The van der Waals surface area contributed by atoms with E-state index >= 15 is 0 Å². The summed E-state index contributed by atoms with van der Waals surface area (Å²) < 4.78 is 24.7. The predicted octanol–water partition coefficient (Wildman–Crippen LogP) is 2.10. The third-order valence-electron chi connectivity index (χ3n) is 2.83. The summed E-state index contributed by atoms with van der Waals surface area (Å²) in [6.07, 6.45) is 1.70. The van der Waals surface area contributed by atoms with E-state index in [-0.39, 0.29) is 24.1 Å². The summed E-state index contributed by atoms with van der Waals surface area (Å²) in [7, 11) is 1.52. The van der Waals surface area contributed by atoms with Crippen LogP contribution in [-0.2, 0) is 11.2 Å². The average molecular weight is 305 g/mol. The number of aromatic nitrogens is 2. The highest BCUT2D eigenvalue weighted by molar-refractivity contribution is 5.77. The van der Waals surface area contributed by atoms with Crippen LogP contribution < -0.4 is 14.8 Å². The first-order chi connectivity index (χ1) is 10.6. The minimum Gasteiger partial charge on any atom is -0.484 e. The molecule has 0 aliphatic heterocycles. The van der Waals surface area contributed by atoms with Gasteiger partial charge in [0.15, 0.2) is 6.61 Å². The van der Waals surface area contributed by atoms with Crippen molar-refractivity contribution in [2.24, 2.45) is 0 Å². The molecular formula is C15H16FN3O3. The summed E-state index contributed by atoms with van der Waals surface area (Å²) in [5, 5.41) is 2.45. The molecule has 0 unspecified atom stereocenters. The van der Waals surface area contributed by atoms with Crippen LogP contribution in [-0.4, -0.2) is 29.5 Å². The number of nitrogens with zero attached hydrogens (tertiary/aromatic N) is 2. The van der Waals surface area contributed by atoms with Crippen molar-refractivity contribution >= 4 is 5.91 Å². The Bertz CT molecular complexity index is 664. The monoisotopic (exact) mass is 305 g/mol. The molecule has 0 aliphatic carbocycles.